The number of benzene rings is 1. The summed E-state index contributed by atoms with van der Waals surface area (Å²) in [7, 11) is 0. The largest absolute Gasteiger partial charge is 0.378 e. The predicted octanol–water partition coefficient (Wildman–Crippen LogP) is 1.33. The maximum atomic E-state index is 11.6. The molecular weight excluding hydrogens is 310 g/mol. The van der Waals surface area contributed by atoms with Gasteiger partial charge in [-0.25, -0.2) is 4.68 Å². The van der Waals surface area contributed by atoms with E-state index >= 15 is 0 Å². The predicted molar refractivity (Wildman–Crippen MR) is 82.8 cm³/mol. The molecule has 5 rings (SSSR count). The monoisotopic (exact) mass is 329 g/mol. The van der Waals surface area contributed by atoms with E-state index in [9.17, 15) is 5.11 Å². The summed E-state index contributed by atoms with van der Waals surface area (Å²) in [6.45, 7) is 6.10. The summed E-state index contributed by atoms with van der Waals surface area (Å²) in [5.41, 5.74) is 2.04. The fourth-order valence-electron chi connectivity index (χ4n) is 4.03. The molecule has 3 aliphatic rings. The first kappa shape index (κ1) is 14.5. The van der Waals surface area contributed by atoms with Crippen LogP contribution >= 0.6 is 0 Å². The van der Waals surface area contributed by atoms with Gasteiger partial charge >= 0.3 is 0 Å². The number of hydrogen-bond donors (Lipinski definition) is 1. The summed E-state index contributed by atoms with van der Waals surface area (Å²) in [5, 5.41) is 20.1. The molecule has 0 aliphatic carbocycles. The van der Waals surface area contributed by atoms with Gasteiger partial charge in [-0.1, -0.05) is 29.0 Å². The first-order valence-corrected chi connectivity index (χ1v) is 8.13. The Labute approximate surface area is 139 Å². The lowest BCUT2D eigenvalue weighted by Gasteiger charge is -2.28. The molecule has 0 saturated carbocycles. The number of fused-ring (bicyclic) bond motifs is 5. The molecule has 0 bridgehead atoms. The summed E-state index contributed by atoms with van der Waals surface area (Å²) >= 11 is 0. The van der Waals surface area contributed by atoms with Crippen LogP contribution in [0.5, 0.6) is 0 Å². The number of aliphatic hydroxyl groups is 1. The Hall–Kier alpha value is -1.80. The Kier molecular flexibility index (Phi) is 2.68. The van der Waals surface area contributed by atoms with Crippen molar-refractivity contribution in [3.63, 3.8) is 0 Å². The van der Waals surface area contributed by atoms with Crippen molar-refractivity contribution >= 4 is 0 Å². The lowest BCUT2D eigenvalue weighted by atomic mass is 9.89. The molecule has 1 aromatic carbocycles. The van der Waals surface area contributed by atoms with Crippen LogP contribution in [0.4, 0.5) is 0 Å². The van der Waals surface area contributed by atoms with Gasteiger partial charge in [0.15, 0.2) is 17.7 Å². The van der Waals surface area contributed by atoms with Gasteiger partial charge in [0, 0.05) is 5.56 Å². The Bertz CT molecular complexity index is 833. The van der Waals surface area contributed by atoms with Crippen molar-refractivity contribution in [2.45, 2.75) is 57.2 Å². The van der Waals surface area contributed by atoms with E-state index in [1.165, 1.54) is 0 Å². The van der Waals surface area contributed by atoms with Gasteiger partial charge in [-0.15, -0.1) is 5.10 Å². The fourth-order valence-corrected chi connectivity index (χ4v) is 4.03. The Morgan fingerprint density at radius 3 is 2.92 bits per heavy atom. The SMILES string of the molecule is Cc1cccc(-c2nnn3c2[C@@]2(O)[C@@H](C3)O[C@@H]3OC(C)(C)O[C@@H]32)c1. The molecule has 126 valence electrons. The van der Waals surface area contributed by atoms with Crippen molar-refractivity contribution < 1.29 is 19.3 Å². The molecule has 2 saturated heterocycles. The molecule has 0 spiro atoms. The average Bonchev–Trinajstić information content (AvgIpc) is 3.18. The van der Waals surface area contributed by atoms with Gasteiger partial charge in [0.05, 0.1) is 6.54 Å². The van der Waals surface area contributed by atoms with Gasteiger partial charge in [0.1, 0.15) is 23.6 Å². The minimum absolute atomic E-state index is 0.435. The summed E-state index contributed by atoms with van der Waals surface area (Å²) < 4.78 is 19.4. The minimum atomic E-state index is -1.32. The Morgan fingerprint density at radius 2 is 2.12 bits per heavy atom. The second-order valence-electron chi connectivity index (χ2n) is 7.21. The molecular formula is C17H19N3O4. The lowest BCUT2D eigenvalue weighted by Crippen LogP contribution is -2.44. The van der Waals surface area contributed by atoms with Crippen LogP contribution in [0.15, 0.2) is 24.3 Å². The number of aryl methyl sites for hydroxylation is 1. The van der Waals surface area contributed by atoms with Crippen molar-refractivity contribution in [3.8, 4) is 11.3 Å². The second kappa shape index (κ2) is 4.43. The average molecular weight is 329 g/mol. The van der Waals surface area contributed by atoms with Crippen LogP contribution in [0, 0.1) is 6.92 Å². The Balaban J connectivity index is 1.65. The van der Waals surface area contributed by atoms with Gasteiger partial charge < -0.3 is 19.3 Å². The normalized spacial score (nSPS) is 35.8. The van der Waals surface area contributed by atoms with E-state index in [1.54, 1.807) is 4.68 Å². The molecule has 4 atom stereocenters. The molecule has 7 heteroatoms. The third-order valence-electron chi connectivity index (χ3n) is 5.03. The van der Waals surface area contributed by atoms with E-state index < -0.39 is 29.9 Å². The molecule has 24 heavy (non-hydrogen) atoms. The summed E-state index contributed by atoms with van der Waals surface area (Å²) in [6, 6.07) is 8.00. The van der Waals surface area contributed by atoms with Crippen LogP contribution in [0.2, 0.25) is 0 Å². The molecule has 7 nitrogen and oxygen atoms in total. The van der Waals surface area contributed by atoms with Gasteiger partial charge in [-0.3, -0.25) is 0 Å². The smallest absolute Gasteiger partial charge is 0.191 e. The zero-order chi connectivity index (χ0) is 16.7. The second-order valence-corrected chi connectivity index (χ2v) is 7.21. The van der Waals surface area contributed by atoms with Crippen LogP contribution in [0.1, 0.15) is 25.1 Å². The molecule has 2 fully saturated rings. The highest BCUT2D eigenvalue weighted by Gasteiger charge is 2.68. The summed E-state index contributed by atoms with van der Waals surface area (Å²) in [5.74, 6) is -0.791. The molecule has 4 heterocycles. The third kappa shape index (κ3) is 1.75. The Morgan fingerprint density at radius 1 is 1.29 bits per heavy atom. The zero-order valence-electron chi connectivity index (χ0n) is 13.8. The quantitative estimate of drug-likeness (QED) is 0.850. The van der Waals surface area contributed by atoms with E-state index in [0.717, 1.165) is 11.1 Å². The fraction of sp³-hybridized carbons (Fsp3) is 0.529. The van der Waals surface area contributed by atoms with Crippen LogP contribution in [0.25, 0.3) is 11.3 Å². The maximum absolute atomic E-state index is 11.6. The van der Waals surface area contributed by atoms with Crippen molar-refractivity contribution in [1.82, 2.24) is 15.0 Å². The van der Waals surface area contributed by atoms with E-state index in [1.807, 2.05) is 45.0 Å². The molecule has 3 aliphatic heterocycles. The number of rotatable bonds is 1. The summed E-state index contributed by atoms with van der Waals surface area (Å²) in [6.07, 6.45) is -1.62. The highest BCUT2D eigenvalue weighted by Crippen LogP contribution is 2.52. The van der Waals surface area contributed by atoms with Crippen LogP contribution in [-0.4, -0.2) is 44.4 Å². The molecule has 0 radical (unpaired) electrons. The maximum Gasteiger partial charge on any atom is 0.191 e. The molecule has 1 N–H and O–H groups in total. The first-order valence-electron chi connectivity index (χ1n) is 8.13. The van der Waals surface area contributed by atoms with E-state index in [0.29, 0.717) is 17.9 Å². The van der Waals surface area contributed by atoms with E-state index in [2.05, 4.69) is 10.3 Å². The van der Waals surface area contributed by atoms with Crippen molar-refractivity contribution in [2.75, 3.05) is 0 Å². The van der Waals surface area contributed by atoms with Crippen LogP contribution in [-0.2, 0) is 26.4 Å². The molecule has 0 amide bonds. The number of hydrogen-bond acceptors (Lipinski definition) is 6. The van der Waals surface area contributed by atoms with Crippen molar-refractivity contribution in [3.05, 3.63) is 35.5 Å². The zero-order valence-corrected chi connectivity index (χ0v) is 13.8. The van der Waals surface area contributed by atoms with E-state index in [-0.39, 0.29) is 0 Å². The van der Waals surface area contributed by atoms with Gasteiger partial charge in [0.25, 0.3) is 0 Å². The third-order valence-corrected chi connectivity index (χ3v) is 5.03. The minimum Gasteiger partial charge on any atom is -0.378 e. The van der Waals surface area contributed by atoms with Gasteiger partial charge in [0.2, 0.25) is 0 Å². The van der Waals surface area contributed by atoms with Gasteiger partial charge in [-0.2, -0.15) is 0 Å². The first-order chi connectivity index (χ1) is 11.4. The highest BCUT2D eigenvalue weighted by molar-refractivity contribution is 5.64. The van der Waals surface area contributed by atoms with Crippen molar-refractivity contribution in [2.24, 2.45) is 0 Å². The van der Waals surface area contributed by atoms with Crippen molar-refractivity contribution in [1.29, 1.82) is 0 Å². The standard InChI is InChI=1S/C17H19N3O4/c1-9-5-4-6-10(7-9)12-13-17(21)11(8-20(13)19-18-12)22-15-14(17)23-16(2,3)24-15/h4-7,11,14-15,21H,8H2,1-3H3/t11-,14+,15-,17+/m1/s1. The van der Waals surface area contributed by atoms with Crippen LogP contribution in [0.3, 0.4) is 0 Å². The number of aromatic nitrogens is 3. The lowest BCUT2D eigenvalue weighted by molar-refractivity contribution is -0.228. The molecule has 2 aromatic rings. The van der Waals surface area contributed by atoms with E-state index in [4.69, 9.17) is 14.2 Å². The number of nitrogens with zero attached hydrogens (tertiary/aromatic N) is 3. The highest BCUT2D eigenvalue weighted by atomic mass is 16.8. The molecule has 0 unspecified atom stereocenters. The van der Waals surface area contributed by atoms with Crippen LogP contribution < -0.4 is 0 Å². The topological polar surface area (TPSA) is 78.6 Å². The summed E-state index contributed by atoms with van der Waals surface area (Å²) in [4.78, 5) is 0. The molecule has 1 aromatic heterocycles. The number of ether oxygens (including phenoxy) is 3. The van der Waals surface area contributed by atoms with Gasteiger partial charge in [-0.05, 0) is 26.8 Å².